The van der Waals surface area contributed by atoms with E-state index < -0.39 is 0 Å². The summed E-state index contributed by atoms with van der Waals surface area (Å²) in [6, 6.07) is 0. The van der Waals surface area contributed by atoms with Crippen LogP contribution in [0.3, 0.4) is 0 Å². The average molecular weight is 131 g/mol. The first-order chi connectivity index (χ1) is 2.27. The predicted molar refractivity (Wildman–Crippen MR) is 29.6 cm³/mol. The largest absolute Gasteiger partial charge is 0.395 e. The molecule has 0 spiro atoms. The number of halogens is 2. The van der Waals surface area contributed by atoms with E-state index in [1.807, 2.05) is 0 Å². The molecule has 0 fully saturated rings. The van der Waals surface area contributed by atoms with Gasteiger partial charge in [-0.1, -0.05) is 0 Å². The molecule has 0 aliphatic heterocycles. The quantitative estimate of drug-likeness (QED) is 0.527. The lowest BCUT2D eigenvalue weighted by Crippen LogP contribution is -1.94. The second kappa shape index (κ2) is 5.54. The van der Waals surface area contributed by atoms with Crippen LogP contribution in [0.4, 0.5) is 0 Å². The molecule has 0 aliphatic rings. The standard InChI is InChI=1S/C3H7ClO.ClH/c1-3(4)2-5;/h3,5H,2H2,1H3;1H. The third-order valence-electron chi connectivity index (χ3n) is 0.252. The van der Waals surface area contributed by atoms with Gasteiger partial charge in [-0.15, -0.1) is 24.0 Å². The molecule has 1 N–H and O–H groups in total. The van der Waals surface area contributed by atoms with Crippen molar-refractivity contribution in [1.29, 1.82) is 0 Å². The highest BCUT2D eigenvalue weighted by atomic mass is 35.5. The minimum atomic E-state index is -0.0880. The number of aliphatic hydroxyl groups excluding tert-OH is 1. The van der Waals surface area contributed by atoms with Crippen LogP contribution in [-0.2, 0) is 0 Å². The van der Waals surface area contributed by atoms with Gasteiger partial charge in [0.05, 0.1) is 12.0 Å². The molecule has 0 heterocycles. The van der Waals surface area contributed by atoms with Gasteiger partial charge in [0.25, 0.3) is 0 Å². The molecule has 0 aromatic carbocycles. The summed E-state index contributed by atoms with van der Waals surface area (Å²) in [6.45, 7) is 1.81. The Morgan fingerprint density at radius 3 is 2.00 bits per heavy atom. The molecule has 6 heavy (non-hydrogen) atoms. The van der Waals surface area contributed by atoms with Gasteiger partial charge in [0.2, 0.25) is 0 Å². The van der Waals surface area contributed by atoms with Gasteiger partial charge in [-0.3, -0.25) is 0 Å². The molecule has 0 saturated carbocycles. The monoisotopic (exact) mass is 130 g/mol. The highest BCUT2D eigenvalue weighted by molar-refractivity contribution is 6.20. The summed E-state index contributed by atoms with van der Waals surface area (Å²) in [7, 11) is 0. The van der Waals surface area contributed by atoms with Crippen molar-refractivity contribution in [2.75, 3.05) is 6.61 Å². The van der Waals surface area contributed by atoms with Crippen molar-refractivity contribution >= 4 is 24.0 Å². The fraction of sp³-hybridized carbons (Fsp3) is 1.00. The fourth-order valence-corrected chi connectivity index (χ4v) is 0. The Balaban J connectivity index is 0. The first-order valence-electron chi connectivity index (χ1n) is 1.52. The lowest BCUT2D eigenvalue weighted by atomic mass is 10.5. The number of hydrogen-bond acceptors (Lipinski definition) is 1. The van der Waals surface area contributed by atoms with Crippen LogP contribution in [0.2, 0.25) is 0 Å². The Hall–Kier alpha value is 0.540. The molecule has 0 radical (unpaired) electrons. The van der Waals surface area contributed by atoms with E-state index in [0.717, 1.165) is 0 Å². The van der Waals surface area contributed by atoms with E-state index in [0.29, 0.717) is 0 Å². The number of alkyl halides is 1. The summed E-state index contributed by atoms with van der Waals surface area (Å²) in [6.07, 6.45) is 0. The van der Waals surface area contributed by atoms with Gasteiger partial charge in [0, 0.05) is 0 Å². The first kappa shape index (κ1) is 9.74. The van der Waals surface area contributed by atoms with Crippen molar-refractivity contribution in [3.05, 3.63) is 0 Å². The normalized spacial score (nSPS) is 12.5. The van der Waals surface area contributed by atoms with Gasteiger partial charge < -0.3 is 5.11 Å². The Kier molecular flexibility index (Phi) is 8.99. The summed E-state index contributed by atoms with van der Waals surface area (Å²) < 4.78 is 0. The maximum absolute atomic E-state index is 8.01. The zero-order chi connectivity index (χ0) is 4.28. The van der Waals surface area contributed by atoms with Crippen LogP contribution in [-0.4, -0.2) is 17.1 Å². The van der Waals surface area contributed by atoms with Gasteiger partial charge in [-0.05, 0) is 6.92 Å². The lowest BCUT2D eigenvalue weighted by molar-refractivity contribution is 0.298. The van der Waals surface area contributed by atoms with Crippen molar-refractivity contribution in [3.63, 3.8) is 0 Å². The Bertz CT molecular complexity index is 22.8. The molecule has 0 bridgehead atoms. The van der Waals surface area contributed by atoms with E-state index in [2.05, 4.69) is 0 Å². The van der Waals surface area contributed by atoms with E-state index in [1.54, 1.807) is 6.92 Å². The van der Waals surface area contributed by atoms with Gasteiger partial charge in [-0.2, -0.15) is 0 Å². The van der Waals surface area contributed by atoms with Crippen molar-refractivity contribution in [2.45, 2.75) is 12.3 Å². The zero-order valence-electron chi connectivity index (χ0n) is 3.52. The number of aliphatic hydroxyl groups is 1. The summed E-state index contributed by atoms with van der Waals surface area (Å²) in [5.74, 6) is 0. The van der Waals surface area contributed by atoms with Crippen LogP contribution in [0.25, 0.3) is 0 Å². The average Bonchev–Trinajstić information content (AvgIpc) is 1.38. The van der Waals surface area contributed by atoms with E-state index in [9.17, 15) is 0 Å². The summed E-state index contributed by atoms with van der Waals surface area (Å²) in [5, 5.41) is 7.92. The highest BCUT2D eigenvalue weighted by Gasteiger charge is 1.84. The SMILES string of the molecule is CC(Cl)CO.Cl. The minimum absolute atomic E-state index is 0. The Morgan fingerprint density at radius 2 is 2.00 bits per heavy atom. The van der Waals surface area contributed by atoms with Crippen LogP contribution >= 0.6 is 24.0 Å². The topological polar surface area (TPSA) is 20.2 Å². The van der Waals surface area contributed by atoms with Gasteiger partial charge in [-0.25, -0.2) is 0 Å². The molecule has 0 amide bonds. The molecular formula is C3H8Cl2O. The van der Waals surface area contributed by atoms with E-state index in [4.69, 9.17) is 16.7 Å². The van der Waals surface area contributed by atoms with Crippen molar-refractivity contribution in [3.8, 4) is 0 Å². The maximum Gasteiger partial charge on any atom is 0.0592 e. The van der Waals surface area contributed by atoms with Gasteiger partial charge in [0.1, 0.15) is 0 Å². The van der Waals surface area contributed by atoms with Crippen molar-refractivity contribution in [2.24, 2.45) is 0 Å². The third kappa shape index (κ3) is 8.82. The Morgan fingerprint density at radius 1 is 1.83 bits per heavy atom. The fourth-order valence-electron chi connectivity index (χ4n) is 0. The molecule has 1 nitrogen and oxygen atoms in total. The third-order valence-corrected chi connectivity index (χ3v) is 0.390. The Labute approximate surface area is 48.7 Å². The smallest absolute Gasteiger partial charge is 0.0592 e. The predicted octanol–water partition coefficient (Wildman–Crippen LogP) is 1.03. The van der Waals surface area contributed by atoms with Crippen molar-refractivity contribution in [1.82, 2.24) is 0 Å². The van der Waals surface area contributed by atoms with Crippen LogP contribution < -0.4 is 0 Å². The number of rotatable bonds is 1. The first-order valence-corrected chi connectivity index (χ1v) is 1.96. The summed E-state index contributed by atoms with van der Waals surface area (Å²) >= 11 is 5.21. The zero-order valence-corrected chi connectivity index (χ0v) is 5.09. The van der Waals surface area contributed by atoms with E-state index in [1.165, 1.54) is 0 Å². The molecule has 0 aliphatic carbocycles. The molecule has 0 aromatic heterocycles. The summed E-state index contributed by atoms with van der Waals surface area (Å²) in [4.78, 5) is 0. The molecule has 40 valence electrons. The molecular weight excluding hydrogens is 123 g/mol. The van der Waals surface area contributed by atoms with Crippen molar-refractivity contribution < 1.29 is 5.11 Å². The second-order valence-electron chi connectivity index (χ2n) is 0.963. The molecule has 0 saturated heterocycles. The maximum atomic E-state index is 8.01. The lowest BCUT2D eigenvalue weighted by Gasteiger charge is -1.87. The van der Waals surface area contributed by atoms with Crippen LogP contribution in [0, 0.1) is 0 Å². The second-order valence-corrected chi connectivity index (χ2v) is 1.71. The molecule has 3 heteroatoms. The van der Waals surface area contributed by atoms with E-state index >= 15 is 0 Å². The van der Waals surface area contributed by atoms with Gasteiger partial charge >= 0.3 is 0 Å². The number of hydrogen-bond donors (Lipinski definition) is 1. The molecule has 1 atom stereocenters. The van der Waals surface area contributed by atoms with E-state index in [-0.39, 0.29) is 24.4 Å². The highest BCUT2D eigenvalue weighted by Crippen LogP contribution is 1.86. The van der Waals surface area contributed by atoms with Crippen LogP contribution in [0.1, 0.15) is 6.92 Å². The minimum Gasteiger partial charge on any atom is -0.395 e. The van der Waals surface area contributed by atoms with Crippen LogP contribution in [0.15, 0.2) is 0 Å². The van der Waals surface area contributed by atoms with Crippen LogP contribution in [0.5, 0.6) is 0 Å². The van der Waals surface area contributed by atoms with Gasteiger partial charge in [0.15, 0.2) is 0 Å². The summed E-state index contributed by atoms with van der Waals surface area (Å²) in [5.41, 5.74) is 0. The molecule has 0 aromatic rings. The molecule has 1 unspecified atom stereocenters. The molecule has 0 rings (SSSR count).